The zero-order chi connectivity index (χ0) is 17.1. The second-order valence-electron chi connectivity index (χ2n) is 7.14. The van der Waals surface area contributed by atoms with Gasteiger partial charge in [0, 0.05) is 44.0 Å². The first-order valence-electron chi connectivity index (χ1n) is 8.00. The molecule has 1 aromatic heterocycles. The summed E-state index contributed by atoms with van der Waals surface area (Å²) in [5.41, 5.74) is 4.99. The summed E-state index contributed by atoms with van der Waals surface area (Å²) in [6, 6.07) is 1.81. The molecule has 2 heterocycles. The molecular weight excluding hydrogens is 292 g/mol. The fraction of sp³-hybridized carbons (Fsp3) is 0.688. The number of nitrogens with two attached hydrogens (primary N) is 1. The Morgan fingerprint density at radius 2 is 1.74 bits per heavy atom. The number of aliphatic hydroxyl groups is 1. The maximum atomic E-state index is 10.2. The van der Waals surface area contributed by atoms with Gasteiger partial charge < -0.3 is 20.6 Å². The van der Waals surface area contributed by atoms with Crippen LogP contribution in [0, 0.1) is 5.41 Å². The minimum absolute atomic E-state index is 0.336. The Bertz CT molecular complexity index is 529. The van der Waals surface area contributed by atoms with Gasteiger partial charge in [0.1, 0.15) is 0 Å². The van der Waals surface area contributed by atoms with E-state index in [-0.39, 0.29) is 5.41 Å². The predicted octanol–water partition coefficient (Wildman–Crippen LogP) is 0.710. The van der Waals surface area contributed by atoms with Gasteiger partial charge in [-0.1, -0.05) is 13.8 Å². The van der Waals surface area contributed by atoms with Crippen molar-refractivity contribution < 1.29 is 5.11 Å². The molecule has 128 valence electrons. The summed E-state index contributed by atoms with van der Waals surface area (Å²) in [6.07, 6.45) is 3.51. The van der Waals surface area contributed by atoms with E-state index < -0.39 is 5.60 Å². The lowest BCUT2D eigenvalue weighted by Gasteiger charge is -2.37. The van der Waals surface area contributed by atoms with Crippen LogP contribution in [0.5, 0.6) is 0 Å². The normalized spacial score (nSPS) is 17.5. The van der Waals surface area contributed by atoms with Gasteiger partial charge in [-0.15, -0.1) is 0 Å². The van der Waals surface area contributed by atoms with Gasteiger partial charge in [-0.25, -0.2) is 9.97 Å². The van der Waals surface area contributed by atoms with Crippen LogP contribution in [-0.4, -0.2) is 64.3 Å². The molecule has 0 radical (unpaired) electrons. The van der Waals surface area contributed by atoms with Crippen LogP contribution >= 0.6 is 0 Å². The van der Waals surface area contributed by atoms with E-state index in [1.54, 1.807) is 26.2 Å². The molecule has 1 aliphatic rings. The standard InChI is InChI=1S/C16H28N6O/c1-15(2,16(3,4)23)12-20-13(17)21-8-10-22(11-9-21)14-18-6-5-7-19-14/h5-7,23H,8-12H2,1-4H3,(H2,17,20). The first-order chi connectivity index (χ1) is 10.7. The van der Waals surface area contributed by atoms with E-state index in [0.29, 0.717) is 12.5 Å². The molecule has 2 rings (SSSR count). The van der Waals surface area contributed by atoms with Crippen LogP contribution in [0.25, 0.3) is 0 Å². The zero-order valence-corrected chi connectivity index (χ0v) is 14.5. The van der Waals surface area contributed by atoms with Crippen LogP contribution in [0.15, 0.2) is 23.5 Å². The monoisotopic (exact) mass is 320 g/mol. The highest BCUT2D eigenvalue weighted by Crippen LogP contribution is 2.30. The number of rotatable bonds is 4. The topological polar surface area (TPSA) is 90.9 Å². The fourth-order valence-electron chi connectivity index (χ4n) is 2.16. The summed E-state index contributed by atoms with van der Waals surface area (Å²) in [7, 11) is 0. The number of nitrogens with zero attached hydrogens (tertiary/aromatic N) is 5. The van der Waals surface area contributed by atoms with Crippen LogP contribution in [0.2, 0.25) is 0 Å². The van der Waals surface area contributed by atoms with Crippen molar-refractivity contribution in [2.45, 2.75) is 33.3 Å². The van der Waals surface area contributed by atoms with Crippen LogP contribution in [0.1, 0.15) is 27.7 Å². The number of hydrogen-bond donors (Lipinski definition) is 2. The number of anilines is 1. The Morgan fingerprint density at radius 3 is 2.26 bits per heavy atom. The molecule has 0 amide bonds. The molecule has 7 heteroatoms. The highest BCUT2D eigenvalue weighted by Gasteiger charge is 2.35. The van der Waals surface area contributed by atoms with E-state index >= 15 is 0 Å². The van der Waals surface area contributed by atoms with E-state index in [2.05, 4.69) is 24.8 Å². The van der Waals surface area contributed by atoms with Crippen molar-refractivity contribution in [2.75, 3.05) is 37.6 Å². The van der Waals surface area contributed by atoms with Crippen molar-refractivity contribution in [2.24, 2.45) is 16.1 Å². The highest BCUT2D eigenvalue weighted by molar-refractivity contribution is 5.78. The molecule has 0 aromatic carbocycles. The molecule has 0 spiro atoms. The number of hydrogen-bond acceptors (Lipinski definition) is 5. The van der Waals surface area contributed by atoms with Gasteiger partial charge in [-0.3, -0.25) is 4.99 Å². The molecule has 3 N–H and O–H groups in total. The molecule has 23 heavy (non-hydrogen) atoms. The average molecular weight is 320 g/mol. The third-order valence-corrected chi connectivity index (χ3v) is 4.73. The van der Waals surface area contributed by atoms with Crippen molar-refractivity contribution >= 4 is 11.9 Å². The average Bonchev–Trinajstić information content (AvgIpc) is 2.52. The van der Waals surface area contributed by atoms with Gasteiger partial charge in [-0.05, 0) is 19.9 Å². The molecule has 0 bridgehead atoms. The van der Waals surface area contributed by atoms with Gasteiger partial charge in [0.15, 0.2) is 5.96 Å². The fourth-order valence-corrected chi connectivity index (χ4v) is 2.16. The Hall–Kier alpha value is -1.89. The largest absolute Gasteiger partial charge is 0.390 e. The number of guanidine groups is 1. The molecule has 7 nitrogen and oxygen atoms in total. The van der Waals surface area contributed by atoms with E-state index in [4.69, 9.17) is 5.73 Å². The minimum Gasteiger partial charge on any atom is -0.390 e. The number of piperazine rings is 1. The van der Waals surface area contributed by atoms with E-state index in [1.165, 1.54) is 0 Å². The maximum Gasteiger partial charge on any atom is 0.225 e. The molecule has 0 unspecified atom stereocenters. The minimum atomic E-state index is -0.805. The maximum absolute atomic E-state index is 10.2. The third-order valence-electron chi connectivity index (χ3n) is 4.73. The quantitative estimate of drug-likeness (QED) is 0.627. The predicted molar refractivity (Wildman–Crippen MR) is 92.4 cm³/mol. The van der Waals surface area contributed by atoms with Crippen LogP contribution < -0.4 is 10.6 Å². The number of aliphatic imine (C=N–C) groups is 1. The summed E-state index contributed by atoms with van der Waals surface area (Å²) in [5, 5.41) is 10.2. The molecule has 0 atom stereocenters. The van der Waals surface area contributed by atoms with Crippen molar-refractivity contribution in [1.82, 2.24) is 14.9 Å². The van der Waals surface area contributed by atoms with Crippen molar-refractivity contribution in [3.8, 4) is 0 Å². The zero-order valence-electron chi connectivity index (χ0n) is 14.5. The van der Waals surface area contributed by atoms with Crippen LogP contribution in [-0.2, 0) is 0 Å². The summed E-state index contributed by atoms with van der Waals surface area (Å²) < 4.78 is 0. The van der Waals surface area contributed by atoms with Gasteiger partial charge in [0.2, 0.25) is 5.95 Å². The van der Waals surface area contributed by atoms with Crippen molar-refractivity contribution in [1.29, 1.82) is 0 Å². The SMILES string of the molecule is CC(C)(O)C(C)(C)CN=C(N)N1CCN(c2ncccn2)CC1. The van der Waals surface area contributed by atoms with Gasteiger partial charge in [-0.2, -0.15) is 0 Å². The lowest BCUT2D eigenvalue weighted by Crippen LogP contribution is -2.52. The van der Waals surface area contributed by atoms with Crippen molar-refractivity contribution in [3.05, 3.63) is 18.5 Å². The van der Waals surface area contributed by atoms with Crippen molar-refractivity contribution in [3.63, 3.8) is 0 Å². The van der Waals surface area contributed by atoms with Gasteiger partial charge in [0.05, 0.1) is 12.1 Å². The highest BCUT2D eigenvalue weighted by atomic mass is 16.3. The Kier molecular flexibility index (Phi) is 5.09. The number of aromatic nitrogens is 2. The first kappa shape index (κ1) is 17.5. The second-order valence-corrected chi connectivity index (χ2v) is 7.14. The Morgan fingerprint density at radius 1 is 1.17 bits per heavy atom. The summed E-state index contributed by atoms with van der Waals surface area (Å²) >= 11 is 0. The molecule has 0 saturated carbocycles. The molecule has 1 saturated heterocycles. The van der Waals surface area contributed by atoms with E-state index in [0.717, 1.165) is 32.1 Å². The Balaban J connectivity index is 1.91. The summed E-state index contributed by atoms with van der Waals surface area (Å²) in [4.78, 5) is 17.3. The van der Waals surface area contributed by atoms with Crippen LogP contribution in [0.3, 0.4) is 0 Å². The molecule has 1 aliphatic heterocycles. The van der Waals surface area contributed by atoms with Gasteiger partial charge in [0.25, 0.3) is 0 Å². The van der Waals surface area contributed by atoms with Gasteiger partial charge >= 0.3 is 0 Å². The molecule has 0 aliphatic carbocycles. The molecular formula is C16H28N6O. The third kappa shape index (κ3) is 4.31. The second kappa shape index (κ2) is 6.70. The molecule has 1 fully saturated rings. The van der Waals surface area contributed by atoms with E-state index in [1.807, 2.05) is 19.9 Å². The summed E-state index contributed by atoms with van der Waals surface area (Å²) in [6.45, 7) is 11.3. The van der Waals surface area contributed by atoms with E-state index in [9.17, 15) is 5.11 Å². The Labute approximate surface area is 138 Å². The van der Waals surface area contributed by atoms with Crippen LogP contribution in [0.4, 0.5) is 5.95 Å². The summed E-state index contributed by atoms with van der Waals surface area (Å²) in [5.74, 6) is 1.29. The smallest absolute Gasteiger partial charge is 0.225 e. The lowest BCUT2D eigenvalue weighted by atomic mass is 9.77. The lowest BCUT2D eigenvalue weighted by molar-refractivity contribution is -0.0291. The first-order valence-corrected chi connectivity index (χ1v) is 8.00. The molecule has 1 aromatic rings.